The summed E-state index contributed by atoms with van der Waals surface area (Å²) in [5.74, 6) is 0.444. The van der Waals surface area contributed by atoms with Gasteiger partial charge in [-0.2, -0.15) is 10.2 Å². The number of rotatable bonds is 9. The van der Waals surface area contributed by atoms with Gasteiger partial charge in [0, 0.05) is 42.9 Å². The minimum atomic E-state index is -1.43. The molecular formula is C25H31FN8O3. The maximum atomic E-state index is 14.7. The van der Waals surface area contributed by atoms with Crippen LogP contribution >= 0.6 is 0 Å². The summed E-state index contributed by atoms with van der Waals surface area (Å²) < 4.78 is 20.6. The number of allylic oxidation sites excluding steroid dienone is 1. The summed E-state index contributed by atoms with van der Waals surface area (Å²) in [6.07, 6.45) is 2.09. The highest BCUT2D eigenvalue weighted by Gasteiger charge is 2.33. The summed E-state index contributed by atoms with van der Waals surface area (Å²) in [5.41, 5.74) is 0.976. The summed E-state index contributed by atoms with van der Waals surface area (Å²) in [4.78, 5) is 26.0. The van der Waals surface area contributed by atoms with E-state index < -0.39 is 12.3 Å². The van der Waals surface area contributed by atoms with Gasteiger partial charge >= 0.3 is 0 Å². The van der Waals surface area contributed by atoms with Crippen molar-refractivity contribution in [1.29, 1.82) is 10.7 Å². The number of ether oxygens (including phenoxy) is 1. The predicted molar refractivity (Wildman–Crippen MR) is 136 cm³/mol. The lowest BCUT2D eigenvalue weighted by molar-refractivity contribution is -0.135. The largest absolute Gasteiger partial charge is 0.486 e. The molecular weight excluding hydrogens is 479 g/mol. The lowest BCUT2D eigenvalue weighted by Gasteiger charge is -2.34. The first kappa shape index (κ1) is 27.5. The maximum Gasteiger partial charge on any atom is 0.230 e. The zero-order valence-electron chi connectivity index (χ0n) is 21.0. The molecule has 0 aliphatic carbocycles. The second-order valence-electron chi connectivity index (χ2n) is 9.49. The van der Waals surface area contributed by atoms with Gasteiger partial charge in [0.25, 0.3) is 0 Å². The maximum absolute atomic E-state index is 14.7. The van der Waals surface area contributed by atoms with E-state index in [4.69, 9.17) is 15.3 Å². The molecule has 1 amide bonds. The fourth-order valence-electron chi connectivity index (χ4n) is 3.55. The molecule has 0 bridgehead atoms. The fraction of sp³-hybridized carbons (Fsp3) is 0.440. The molecule has 2 atom stereocenters. The van der Waals surface area contributed by atoms with Crippen LogP contribution in [0.15, 0.2) is 36.4 Å². The standard InChI is InChI=1S/C25H31FN8O3/c1-25(2,3)31-13-18(12-28)32-24-30-15-29-23(33-24)16-4-5-20(17(10-16)11-27)37-21-6-8-34(14-19(21)26)22(36)7-9-35/h4-5,10,12-13,15,19,21,28,31,35H,6-9,14H2,1-3H3,(H,29,30,32,33)/b18-13+,28-12?/t19-,21+/m1/s1. The molecule has 1 fully saturated rings. The Morgan fingerprint density at radius 3 is 2.84 bits per heavy atom. The number of aromatic nitrogens is 3. The van der Waals surface area contributed by atoms with Gasteiger partial charge in [-0.05, 0) is 39.0 Å². The van der Waals surface area contributed by atoms with E-state index in [1.54, 1.807) is 24.4 Å². The number of carbonyl (C=O) groups excluding carboxylic acids is 1. The highest BCUT2D eigenvalue weighted by molar-refractivity contribution is 5.79. The Bertz CT molecular complexity index is 1190. The smallest absolute Gasteiger partial charge is 0.230 e. The molecule has 37 heavy (non-hydrogen) atoms. The Hall–Kier alpha value is -4.11. The third-order valence-corrected chi connectivity index (χ3v) is 5.44. The number of amides is 1. The normalized spacial score (nSPS) is 18.1. The molecule has 1 aromatic carbocycles. The van der Waals surface area contributed by atoms with E-state index in [0.717, 1.165) is 6.21 Å². The number of halogens is 1. The first-order chi connectivity index (χ1) is 17.6. The van der Waals surface area contributed by atoms with Crippen LogP contribution in [0.2, 0.25) is 0 Å². The topological polar surface area (TPSA) is 160 Å². The number of nitrogens with zero attached hydrogens (tertiary/aromatic N) is 5. The van der Waals surface area contributed by atoms with Gasteiger partial charge < -0.3 is 30.8 Å². The van der Waals surface area contributed by atoms with E-state index in [9.17, 15) is 14.4 Å². The second kappa shape index (κ2) is 12.2. The fourth-order valence-corrected chi connectivity index (χ4v) is 3.55. The van der Waals surface area contributed by atoms with Gasteiger partial charge in [-0.15, -0.1) is 0 Å². The first-order valence-corrected chi connectivity index (χ1v) is 11.8. The number of likely N-dealkylation sites (tertiary alicyclic amines) is 1. The highest BCUT2D eigenvalue weighted by atomic mass is 19.1. The number of nitrogens with one attached hydrogen (secondary N) is 3. The molecule has 1 aliphatic heterocycles. The van der Waals surface area contributed by atoms with E-state index >= 15 is 0 Å². The van der Waals surface area contributed by atoms with Crippen molar-refractivity contribution in [2.24, 2.45) is 0 Å². The van der Waals surface area contributed by atoms with Crippen molar-refractivity contribution in [3.8, 4) is 23.2 Å². The highest BCUT2D eigenvalue weighted by Crippen LogP contribution is 2.28. The lowest BCUT2D eigenvalue weighted by atomic mass is 10.0. The van der Waals surface area contributed by atoms with Crippen molar-refractivity contribution in [2.75, 3.05) is 25.0 Å². The Kier molecular flexibility index (Phi) is 9.08. The molecule has 4 N–H and O–H groups in total. The zero-order chi connectivity index (χ0) is 27.0. The van der Waals surface area contributed by atoms with Gasteiger partial charge in [0.1, 0.15) is 24.3 Å². The summed E-state index contributed by atoms with van der Waals surface area (Å²) in [7, 11) is 0. The van der Waals surface area contributed by atoms with Gasteiger partial charge in [0.2, 0.25) is 11.9 Å². The molecule has 2 heterocycles. The van der Waals surface area contributed by atoms with Crippen molar-refractivity contribution in [2.45, 2.75) is 51.4 Å². The number of alkyl halides is 1. The van der Waals surface area contributed by atoms with Gasteiger partial charge in [0.15, 0.2) is 12.0 Å². The van der Waals surface area contributed by atoms with Crippen LogP contribution in [0.4, 0.5) is 10.3 Å². The predicted octanol–water partition coefficient (Wildman–Crippen LogP) is 2.40. The Morgan fingerprint density at radius 1 is 1.41 bits per heavy atom. The van der Waals surface area contributed by atoms with Gasteiger partial charge in [0.05, 0.1) is 24.4 Å². The van der Waals surface area contributed by atoms with E-state index in [2.05, 4.69) is 31.7 Å². The van der Waals surface area contributed by atoms with Crippen LogP contribution in [-0.4, -0.2) is 74.6 Å². The Labute approximate surface area is 214 Å². The number of hydrogen-bond donors (Lipinski definition) is 4. The van der Waals surface area contributed by atoms with Crippen molar-refractivity contribution in [3.63, 3.8) is 0 Å². The van der Waals surface area contributed by atoms with Crippen molar-refractivity contribution < 1.29 is 19.0 Å². The summed E-state index contributed by atoms with van der Waals surface area (Å²) in [6, 6.07) is 6.85. The van der Waals surface area contributed by atoms with E-state index in [1.165, 1.54) is 11.2 Å². The van der Waals surface area contributed by atoms with E-state index in [0.29, 0.717) is 23.6 Å². The van der Waals surface area contributed by atoms with Crippen LogP contribution in [0.1, 0.15) is 39.2 Å². The number of aliphatic hydroxyl groups is 1. The minimum Gasteiger partial charge on any atom is -0.486 e. The molecule has 0 saturated carbocycles. The molecule has 0 radical (unpaired) electrons. The number of hydrogen-bond acceptors (Lipinski definition) is 10. The van der Waals surface area contributed by atoms with Crippen molar-refractivity contribution >= 4 is 18.1 Å². The number of carbonyl (C=O) groups is 1. The quantitative estimate of drug-likeness (QED) is 0.371. The zero-order valence-corrected chi connectivity index (χ0v) is 21.0. The average molecular weight is 511 g/mol. The molecule has 0 unspecified atom stereocenters. The first-order valence-electron chi connectivity index (χ1n) is 11.8. The average Bonchev–Trinajstić information content (AvgIpc) is 2.87. The number of benzene rings is 1. The van der Waals surface area contributed by atoms with Gasteiger partial charge in [-0.1, -0.05) is 0 Å². The van der Waals surface area contributed by atoms with E-state index in [1.807, 2.05) is 20.8 Å². The third kappa shape index (κ3) is 7.68. The van der Waals surface area contributed by atoms with Crippen LogP contribution in [0.3, 0.4) is 0 Å². The Balaban J connectivity index is 1.73. The molecule has 1 saturated heterocycles. The second-order valence-corrected chi connectivity index (χ2v) is 9.49. The monoisotopic (exact) mass is 510 g/mol. The van der Waals surface area contributed by atoms with E-state index in [-0.39, 0.29) is 54.7 Å². The Morgan fingerprint density at radius 2 is 2.19 bits per heavy atom. The van der Waals surface area contributed by atoms with Gasteiger partial charge in [-0.25, -0.2) is 14.4 Å². The SMILES string of the molecule is CC(C)(C)N/C=C(\C=N)Nc1ncnc(-c2ccc(O[C@H]3CCN(C(=O)CCO)C[C@H]3F)c(C#N)c2)n1. The van der Waals surface area contributed by atoms with Crippen LogP contribution in [0.5, 0.6) is 5.75 Å². The molecule has 3 rings (SSSR count). The number of anilines is 1. The van der Waals surface area contributed by atoms with Crippen molar-refractivity contribution in [3.05, 3.63) is 42.0 Å². The molecule has 196 valence electrons. The van der Waals surface area contributed by atoms with Crippen LogP contribution in [-0.2, 0) is 4.79 Å². The third-order valence-electron chi connectivity index (χ3n) is 5.44. The van der Waals surface area contributed by atoms with Crippen LogP contribution in [0.25, 0.3) is 11.4 Å². The summed E-state index contributed by atoms with van der Waals surface area (Å²) in [5, 5.41) is 32.3. The van der Waals surface area contributed by atoms with Crippen LogP contribution < -0.4 is 15.4 Å². The summed E-state index contributed by atoms with van der Waals surface area (Å²) >= 11 is 0. The molecule has 12 heteroatoms. The van der Waals surface area contributed by atoms with Gasteiger partial charge in [-0.3, -0.25) is 4.79 Å². The molecule has 1 aromatic heterocycles. The molecule has 11 nitrogen and oxygen atoms in total. The molecule has 1 aliphatic rings. The molecule has 2 aromatic rings. The number of piperidine rings is 1. The summed E-state index contributed by atoms with van der Waals surface area (Å²) in [6.45, 7) is 5.87. The van der Waals surface area contributed by atoms with Crippen LogP contribution in [0, 0.1) is 16.7 Å². The lowest BCUT2D eigenvalue weighted by Crippen LogP contribution is -2.49. The number of aliphatic hydroxyl groups excluding tert-OH is 1. The number of nitriles is 1. The molecule has 0 spiro atoms. The van der Waals surface area contributed by atoms with Crippen molar-refractivity contribution in [1.82, 2.24) is 25.2 Å². The minimum absolute atomic E-state index is 0.0423.